The number of quaternary nitrogens is 1. The molecule has 10 heteroatoms. The monoisotopic (exact) mass is 439 g/mol. The molecule has 1 saturated heterocycles. The van der Waals surface area contributed by atoms with E-state index in [4.69, 9.17) is 76.7 Å². The molecule has 2 N–H and O–H groups in total. The van der Waals surface area contributed by atoms with Gasteiger partial charge in [0.05, 0.1) is 27.2 Å². The molecule has 3 unspecified atom stereocenters. The van der Waals surface area contributed by atoms with Gasteiger partial charge in [-0.15, -0.1) is 0 Å². The van der Waals surface area contributed by atoms with E-state index in [1.54, 1.807) is 0 Å². The number of rotatable bonds is 5. The van der Waals surface area contributed by atoms with Crippen molar-refractivity contribution in [1.82, 2.24) is 0 Å². The fourth-order valence-corrected chi connectivity index (χ4v) is 3.22. The van der Waals surface area contributed by atoms with Crippen LogP contribution in [0.1, 0.15) is 33.1 Å². The van der Waals surface area contributed by atoms with Crippen LogP contribution in [0.2, 0.25) is 0 Å². The molecule has 1 rings (SSSR count). The molecule has 0 bridgehead atoms. The average Bonchev–Trinajstić information content (AvgIpc) is 3.08. The Morgan fingerprint density at radius 2 is 1.17 bits per heavy atom. The minimum atomic E-state index is -0.116. The number of hydrogen-bond donors (Lipinski definition) is 1. The normalized spacial score (nSPS) is 17.1. The second-order valence-electron chi connectivity index (χ2n) is 5.97. The van der Waals surface area contributed by atoms with E-state index in [9.17, 15) is 4.79 Å². The summed E-state index contributed by atoms with van der Waals surface area (Å²) >= 11 is 0. The summed E-state index contributed by atoms with van der Waals surface area (Å²) in [7, 11) is 4.57. The van der Waals surface area contributed by atoms with E-state index < -0.39 is 0 Å². The number of likely N-dealkylation sites (tertiary alicyclic amines) is 1. The van der Waals surface area contributed by atoms with E-state index in [2.05, 4.69) is 27.9 Å². The first-order chi connectivity index (χ1) is 13.4. The number of amides is 1. The summed E-state index contributed by atoms with van der Waals surface area (Å²) in [4.78, 5) is 11.3. The fourth-order valence-electron chi connectivity index (χ4n) is 3.22. The molecule has 29 heavy (non-hydrogen) atoms. The predicted molar refractivity (Wildman–Crippen MR) is 96.5 cm³/mol. The van der Waals surface area contributed by atoms with E-state index >= 15 is 0 Å². The maximum absolute atomic E-state index is 11.3. The van der Waals surface area contributed by atoms with Crippen LogP contribution in [0.15, 0.2) is 0 Å². The van der Waals surface area contributed by atoms with Crippen LogP contribution in [-0.2, 0) is 21.9 Å². The largest absolute Gasteiger partial charge is 6.00 e. The van der Waals surface area contributed by atoms with Crippen molar-refractivity contribution in [2.75, 3.05) is 27.2 Å². The van der Waals surface area contributed by atoms with Crippen molar-refractivity contribution < 1.29 is 26.3 Å². The molecule has 1 aliphatic rings. The summed E-state index contributed by atoms with van der Waals surface area (Å²) < 4.78 is 1.10. The van der Waals surface area contributed by atoms with Gasteiger partial charge in [-0.25, -0.2) is 0 Å². The summed E-state index contributed by atoms with van der Waals surface area (Å²) in [5, 5.41) is 37.5. The van der Waals surface area contributed by atoms with Crippen LogP contribution in [0, 0.1) is 88.8 Å². The predicted octanol–water partition coefficient (Wildman–Crippen LogP) is 2.20. The van der Waals surface area contributed by atoms with Gasteiger partial charge in [0, 0.05) is 17.8 Å². The molecule has 0 saturated carbocycles. The molecule has 0 aromatic rings. The Morgan fingerprint density at radius 1 is 0.862 bits per heavy atom. The smallest absolute Gasteiger partial charge is 0.512 e. The number of carbonyl (C=O) groups excluding carboxylic acids is 1. The molecule has 0 aliphatic carbocycles. The van der Waals surface area contributed by atoms with Gasteiger partial charge in [0.2, 0.25) is 5.91 Å². The quantitative estimate of drug-likeness (QED) is 0.386. The van der Waals surface area contributed by atoms with E-state index in [0.29, 0.717) is 5.92 Å². The topological polar surface area (TPSA) is 186 Å². The number of carbonyl (C=O) groups is 1. The molecule has 0 aromatic heterocycles. The Labute approximate surface area is 187 Å². The molecule has 3 atom stereocenters. The number of primary amides is 1. The van der Waals surface area contributed by atoms with Crippen molar-refractivity contribution in [3.8, 4) is 0 Å². The molecular weight excluding hydrogens is 412 g/mol. The fraction of sp³-hybridized carbons (Fsp3) is 0.632. The molecule has 156 valence electrons. The van der Waals surface area contributed by atoms with Crippen LogP contribution in [0.25, 0.3) is 0 Å². The maximum Gasteiger partial charge on any atom is 6.00 e. The number of nitrogens with zero attached hydrogens (tertiary/aromatic N) is 7. The van der Waals surface area contributed by atoms with E-state index in [1.807, 2.05) is 0 Å². The molecule has 0 aromatic carbocycles. The van der Waals surface area contributed by atoms with Crippen LogP contribution in [-0.4, -0.2) is 37.6 Å². The van der Waals surface area contributed by atoms with E-state index in [-0.39, 0.29) is 28.9 Å². The van der Waals surface area contributed by atoms with Gasteiger partial charge in [0.1, 0.15) is 0 Å². The molecule has 1 fully saturated rings. The molecule has 0 spiro atoms. The van der Waals surface area contributed by atoms with Crippen molar-refractivity contribution in [3.63, 3.8) is 0 Å². The first-order valence-electron chi connectivity index (χ1n) is 7.85. The Hall–Kier alpha value is -3.11. The minimum Gasteiger partial charge on any atom is -0.512 e. The van der Waals surface area contributed by atoms with Crippen LogP contribution in [0.5, 0.6) is 0 Å². The second kappa shape index (κ2) is 35.9. The zero-order chi connectivity index (χ0) is 24.3. The summed E-state index contributed by atoms with van der Waals surface area (Å²) in [6, 6.07) is 0. The van der Waals surface area contributed by atoms with Gasteiger partial charge in [-0.3, -0.25) is 4.79 Å². The van der Waals surface area contributed by atoms with E-state index in [1.165, 1.54) is 19.5 Å². The number of hydrogen-bond acceptors (Lipinski definition) is 7. The van der Waals surface area contributed by atoms with Crippen molar-refractivity contribution in [2.24, 2.45) is 23.5 Å². The summed E-state index contributed by atoms with van der Waals surface area (Å²) in [5.74, 6) is 1.41. The van der Waals surface area contributed by atoms with Gasteiger partial charge >= 0.3 is 17.1 Å². The molecule has 0 radical (unpaired) electrons. The number of nitrogens with two attached hydrogens (primary N) is 1. The Kier molecular flexibility index (Phi) is 55.7. The Bertz CT molecular complexity index is 434. The molecule has 9 nitrogen and oxygen atoms in total. The van der Waals surface area contributed by atoms with Gasteiger partial charge in [0.15, 0.2) is 0 Å². The third-order valence-corrected chi connectivity index (χ3v) is 4.13. The third kappa shape index (κ3) is 24.9. The summed E-state index contributed by atoms with van der Waals surface area (Å²) in [6.07, 6.45) is 3.10. The van der Waals surface area contributed by atoms with Gasteiger partial charge in [-0.05, 0) is 19.3 Å². The summed E-state index contributed by atoms with van der Waals surface area (Å²) in [6.45, 7) is 35.3. The van der Waals surface area contributed by atoms with Gasteiger partial charge in [-0.1, -0.05) is 13.8 Å². The maximum atomic E-state index is 11.3. The second-order valence-corrected chi connectivity index (χ2v) is 5.97. The summed E-state index contributed by atoms with van der Waals surface area (Å²) in [5.41, 5.74) is 5.44. The molecular formula is C19H27FeN8O+. The zero-order valence-electron chi connectivity index (χ0n) is 17.2. The SMILES string of the molecule is CCC(CC1C[N+](C)(C)CC1CC)C(N)=O.[C-]#N.[C-]#N.[C-]#N.[C-]#N.[C-]#N.[C-]#N.[Fe+6]. The van der Waals surface area contributed by atoms with Crippen LogP contribution in [0.4, 0.5) is 0 Å². The first kappa shape index (κ1) is 44.9. The van der Waals surface area contributed by atoms with Crippen molar-refractivity contribution in [1.29, 1.82) is 31.6 Å². The minimum absolute atomic E-state index is 0. The van der Waals surface area contributed by atoms with Gasteiger partial charge in [-0.2, -0.15) is 0 Å². The Balaban J connectivity index is -0.0000000639. The van der Waals surface area contributed by atoms with Crippen molar-refractivity contribution in [3.05, 3.63) is 39.4 Å². The van der Waals surface area contributed by atoms with Gasteiger partial charge < -0.3 is 81.2 Å². The van der Waals surface area contributed by atoms with E-state index in [0.717, 1.165) is 23.2 Å². The third-order valence-electron chi connectivity index (χ3n) is 4.13. The molecule has 1 amide bonds. The van der Waals surface area contributed by atoms with Crippen LogP contribution < -0.4 is 5.73 Å². The van der Waals surface area contributed by atoms with Crippen LogP contribution >= 0.6 is 0 Å². The zero-order valence-corrected chi connectivity index (χ0v) is 18.3. The van der Waals surface area contributed by atoms with Crippen LogP contribution in [0.3, 0.4) is 0 Å². The van der Waals surface area contributed by atoms with Crippen molar-refractivity contribution >= 4 is 5.91 Å². The standard InChI is InChI=1S/C13H26N2O.6CN.Fe/c1-5-10(13(14)16)7-12-9-15(3,4)8-11(12)6-2;6*1-2;/h10-12H,5-9H2,1-4H3,(H-,14,16);;;;;;;/q;6*-1;+6/p+1. The first-order valence-corrected chi connectivity index (χ1v) is 7.85. The molecule has 1 aliphatic heterocycles. The molecule has 1 heterocycles. The van der Waals surface area contributed by atoms with Crippen molar-refractivity contribution in [2.45, 2.75) is 33.1 Å². The average molecular weight is 439 g/mol. The van der Waals surface area contributed by atoms with Gasteiger partial charge in [0.25, 0.3) is 0 Å². The Morgan fingerprint density at radius 3 is 1.41 bits per heavy atom.